The van der Waals surface area contributed by atoms with Crippen molar-refractivity contribution in [1.82, 2.24) is 10.6 Å². The molecule has 0 aromatic heterocycles. The highest BCUT2D eigenvalue weighted by atomic mass is 127. The largest absolute Gasteiger partial charge is 0.489 e. The number of carbonyl (C=O) groups is 1. The molecule has 0 radical (unpaired) electrons. The van der Waals surface area contributed by atoms with Crippen molar-refractivity contribution in [2.24, 2.45) is 4.99 Å². The molecular weight excluding hydrogens is 452 g/mol. The summed E-state index contributed by atoms with van der Waals surface area (Å²) in [5, 5.41) is 6.29. The van der Waals surface area contributed by atoms with E-state index >= 15 is 0 Å². The van der Waals surface area contributed by atoms with Gasteiger partial charge in [-0.1, -0.05) is 6.07 Å². The van der Waals surface area contributed by atoms with Gasteiger partial charge in [0.1, 0.15) is 17.7 Å². The quantitative estimate of drug-likeness (QED) is 0.177. The van der Waals surface area contributed by atoms with Gasteiger partial charge in [-0.3, -0.25) is 4.79 Å². The van der Waals surface area contributed by atoms with E-state index in [4.69, 9.17) is 9.47 Å². The summed E-state index contributed by atoms with van der Waals surface area (Å²) < 4.78 is 23.7. The summed E-state index contributed by atoms with van der Waals surface area (Å²) in [4.78, 5) is 15.7. The lowest BCUT2D eigenvalue weighted by Gasteiger charge is -2.15. The molecule has 0 spiro atoms. The number of carbonyl (C=O) groups excluding carboxylic acids is 1. The van der Waals surface area contributed by atoms with Crippen LogP contribution in [0.2, 0.25) is 0 Å². The van der Waals surface area contributed by atoms with Crippen LogP contribution in [0.5, 0.6) is 5.75 Å². The zero-order chi connectivity index (χ0) is 18.5. The van der Waals surface area contributed by atoms with Gasteiger partial charge >= 0.3 is 5.97 Å². The number of aliphatic imine (C=N–C) groups is 1. The van der Waals surface area contributed by atoms with Crippen LogP contribution in [-0.2, 0) is 9.53 Å². The Morgan fingerprint density at radius 2 is 2.08 bits per heavy atom. The van der Waals surface area contributed by atoms with Crippen LogP contribution in [0.15, 0.2) is 29.3 Å². The Balaban J connectivity index is 0.00000625. The molecule has 148 valence electrons. The Kier molecular flexibility index (Phi) is 13.7. The van der Waals surface area contributed by atoms with Gasteiger partial charge in [0.15, 0.2) is 5.96 Å². The molecule has 0 aliphatic rings. The van der Waals surface area contributed by atoms with Gasteiger partial charge in [-0.2, -0.15) is 0 Å². The van der Waals surface area contributed by atoms with Gasteiger partial charge in [0.2, 0.25) is 0 Å². The standard InChI is InChI=1S/C18H28FN3O3.HI/c1-4-20-18(21-11-7-10-17(23)24-5-2)22-13-14(3)25-16-9-6-8-15(19)12-16;/h6,8-9,12,14H,4-5,7,10-11,13H2,1-3H3,(H2,20,21,22);1H. The third-order valence-corrected chi connectivity index (χ3v) is 3.14. The topological polar surface area (TPSA) is 72.0 Å². The number of hydrogen-bond donors (Lipinski definition) is 2. The minimum atomic E-state index is -0.329. The molecule has 26 heavy (non-hydrogen) atoms. The minimum Gasteiger partial charge on any atom is -0.489 e. The number of rotatable bonds is 10. The summed E-state index contributed by atoms with van der Waals surface area (Å²) in [6, 6.07) is 6.04. The van der Waals surface area contributed by atoms with Gasteiger partial charge in [-0.25, -0.2) is 9.38 Å². The lowest BCUT2D eigenvalue weighted by atomic mass is 10.3. The minimum absolute atomic E-state index is 0. The summed E-state index contributed by atoms with van der Waals surface area (Å²) in [5.74, 6) is 0.615. The Bertz CT molecular complexity index is 558. The summed E-state index contributed by atoms with van der Waals surface area (Å²) in [6.07, 6.45) is 0.842. The summed E-state index contributed by atoms with van der Waals surface area (Å²) >= 11 is 0. The summed E-state index contributed by atoms with van der Waals surface area (Å²) in [5.41, 5.74) is 0. The van der Waals surface area contributed by atoms with E-state index in [2.05, 4.69) is 15.6 Å². The molecule has 6 nitrogen and oxygen atoms in total. The first-order chi connectivity index (χ1) is 12.0. The van der Waals surface area contributed by atoms with Crippen LogP contribution in [-0.4, -0.2) is 44.3 Å². The number of halogens is 2. The van der Waals surface area contributed by atoms with Gasteiger partial charge in [0.25, 0.3) is 0 Å². The van der Waals surface area contributed by atoms with Crippen LogP contribution >= 0.6 is 24.0 Å². The van der Waals surface area contributed by atoms with E-state index < -0.39 is 0 Å². The monoisotopic (exact) mass is 481 g/mol. The number of guanidine groups is 1. The molecule has 1 rings (SSSR count). The van der Waals surface area contributed by atoms with Crippen molar-refractivity contribution in [3.63, 3.8) is 0 Å². The second-order valence-electron chi connectivity index (χ2n) is 5.44. The van der Waals surface area contributed by atoms with Crippen molar-refractivity contribution in [2.75, 3.05) is 26.2 Å². The molecule has 0 saturated carbocycles. The number of ether oxygens (including phenoxy) is 2. The first-order valence-corrected chi connectivity index (χ1v) is 8.65. The molecule has 8 heteroatoms. The zero-order valence-electron chi connectivity index (χ0n) is 15.6. The average molecular weight is 481 g/mol. The van der Waals surface area contributed by atoms with Crippen molar-refractivity contribution in [3.8, 4) is 5.75 Å². The van der Waals surface area contributed by atoms with Gasteiger partial charge in [-0.15, -0.1) is 24.0 Å². The van der Waals surface area contributed by atoms with Gasteiger partial charge in [-0.05, 0) is 39.3 Å². The fraction of sp³-hybridized carbons (Fsp3) is 0.556. The van der Waals surface area contributed by atoms with Crippen molar-refractivity contribution in [2.45, 2.75) is 39.7 Å². The molecule has 0 bridgehead atoms. The van der Waals surface area contributed by atoms with E-state index in [0.29, 0.717) is 44.2 Å². The molecule has 1 atom stereocenters. The highest BCUT2D eigenvalue weighted by Crippen LogP contribution is 2.13. The molecule has 0 fully saturated rings. The normalized spacial score (nSPS) is 11.9. The lowest BCUT2D eigenvalue weighted by Crippen LogP contribution is -2.38. The molecule has 0 saturated heterocycles. The van der Waals surface area contributed by atoms with E-state index in [-0.39, 0.29) is 41.9 Å². The molecule has 0 amide bonds. The van der Waals surface area contributed by atoms with E-state index in [1.807, 2.05) is 13.8 Å². The third kappa shape index (κ3) is 11.1. The predicted octanol–water partition coefficient (Wildman–Crippen LogP) is 3.11. The van der Waals surface area contributed by atoms with Crippen molar-refractivity contribution in [3.05, 3.63) is 30.1 Å². The van der Waals surface area contributed by atoms with Crippen LogP contribution in [0, 0.1) is 5.82 Å². The maximum absolute atomic E-state index is 13.1. The third-order valence-electron chi connectivity index (χ3n) is 3.14. The first kappa shape index (κ1) is 24.4. The number of esters is 1. The SMILES string of the molecule is CCNC(=NCC(C)Oc1cccc(F)c1)NCCCC(=O)OCC.I. The maximum Gasteiger partial charge on any atom is 0.305 e. The van der Waals surface area contributed by atoms with Crippen LogP contribution in [0.25, 0.3) is 0 Å². The number of nitrogens with one attached hydrogen (secondary N) is 2. The second kappa shape index (κ2) is 14.6. The van der Waals surface area contributed by atoms with Crippen LogP contribution in [0.1, 0.15) is 33.6 Å². The Morgan fingerprint density at radius 1 is 1.31 bits per heavy atom. The molecule has 0 aliphatic heterocycles. The highest BCUT2D eigenvalue weighted by molar-refractivity contribution is 14.0. The molecule has 0 heterocycles. The van der Waals surface area contributed by atoms with Crippen molar-refractivity contribution < 1.29 is 18.7 Å². The van der Waals surface area contributed by atoms with Gasteiger partial charge in [0.05, 0.1) is 13.2 Å². The van der Waals surface area contributed by atoms with Gasteiger partial charge < -0.3 is 20.1 Å². The van der Waals surface area contributed by atoms with Crippen LogP contribution < -0.4 is 15.4 Å². The van der Waals surface area contributed by atoms with E-state index in [1.165, 1.54) is 12.1 Å². The van der Waals surface area contributed by atoms with E-state index in [0.717, 1.165) is 6.54 Å². The van der Waals surface area contributed by atoms with Crippen molar-refractivity contribution >= 4 is 35.9 Å². The molecular formula is C18H29FIN3O3. The maximum atomic E-state index is 13.1. The molecule has 1 unspecified atom stereocenters. The Labute approximate surface area is 172 Å². The van der Waals surface area contributed by atoms with E-state index in [9.17, 15) is 9.18 Å². The lowest BCUT2D eigenvalue weighted by molar-refractivity contribution is -0.143. The number of benzene rings is 1. The fourth-order valence-corrected chi connectivity index (χ4v) is 2.04. The van der Waals surface area contributed by atoms with E-state index in [1.54, 1.807) is 19.1 Å². The smallest absolute Gasteiger partial charge is 0.305 e. The molecule has 2 N–H and O–H groups in total. The Hall–Kier alpha value is -1.58. The van der Waals surface area contributed by atoms with Crippen LogP contribution in [0.3, 0.4) is 0 Å². The highest BCUT2D eigenvalue weighted by Gasteiger charge is 2.06. The zero-order valence-corrected chi connectivity index (χ0v) is 17.9. The first-order valence-electron chi connectivity index (χ1n) is 8.65. The van der Waals surface area contributed by atoms with Gasteiger partial charge in [0, 0.05) is 25.6 Å². The summed E-state index contributed by atoms with van der Waals surface area (Å²) in [7, 11) is 0. The number of hydrogen-bond acceptors (Lipinski definition) is 4. The average Bonchev–Trinajstić information content (AvgIpc) is 2.56. The predicted molar refractivity (Wildman–Crippen MR) is 112 cm³/mol. The second-order valence-corrected chi connectivity index (χ2v) is 5.44. The fourth-order valence-electron chi connectivity index (χ4n) is 2.04. The van der Waals surface area contributed by atoms with Crippen molar-refractivity contribution in [1.29, 1.82) is 0 Å². The summed E-state index contributed by atoms with van der Waals surface area (Å²) in [6.45, 7) is 7.80. The molecule has 0 aliphatic carbocycles. The Morgan fingerprint density at radius 3 is 2.73 bits per heavy atom. The van der Waals surface area contributed by atoms with Crippen LogP contribution in [0.4, 0.5) is 4.39 Å². The molecule has 1 aromatic carbocycles. The molecule has 1 aromatic rings. The number of nitrogens with zero attached hydrogens (tertiary/aromatic N) is 1.